The molecule has 0 aliphatic heterocycles. The van der Waals surface area contributed by atoms with Crippen molar-refractivity contribution in [3.8, 4) is 0 Å². The summed E-state index contributed by atoms with van der Waals surface area (Å²) in [4.78, 5) is 73.3. The maximum absolute atomic E-state index is 13.2. The highest BCUT2D eigenvalue weighted by Gasteiger charge is 2.31. The molecule has 0 rings (SSSR count). The van der Waals surface area contributed by atoms with Crippen molar-refractivity contribution in [2.45, 2.75) is 490 Å². The van der Waals surface area contributed by atoms with Crippen LogP contribution >= 0.6 is 15.6 Å². The van der Waals surface area contributed by atoms with E-state index in [-0.39, 0.29) is 25.7 Å². The van der Waals surface area contributed by atoms with Crippen LogP contribution in [0, 0.1) is 11.8 Å². The van der Waals surface area contributed by atoms with Crippen LogP contribution in [-0.2, 0) is 65.4 Å². The average Bonchev–Trinajstić information content (AvgIpc) is 0.907. The number of rotatable bonds is 87. The van der Waals surface area contributed by atoms with Crippen molar-refractivity contribution in [3.05, 3.63) is 0 Å². The Hall–Kier alpha value is -1.94. The second kappa shape index (κ2) is 79.3. The molecule has 636 valence electrons. The predicted octanol–water partition coefficient (Wildman–Crippen LogP) is 27.0. The first-order valence-corrected chi connectivity index (χ1v) is 48.5. The highest BCUT2D eigenvalue weighted by atomic mass is 31.2. The smallest absolute Gasteiger partial charge is 0.462 e. The fourth-order valence-electron chi connectivity index (χ4n) is 13.7. The molecule has 19 heteroatoms. The Kier molecular flexibility index (Phi) is 77.9. The average molecular weight is 1560 g/mol. The van der Waals surface area contributed by atoms with E-state index in [1.807, 2.05) is 0 Å². The number of carbonyl (C=O) groups excluding carboxylic acids is 4. The normalized spacial score (nSPS) is 14.0. The number of phosphoric ester groups is 2. The molecule has 3 N–H and O–H groups in total. The van der Waals surface area contributed by atoms with E-state index in [4.69, 9.17) is 37.0 Å². The highest BCUT2D eigenvalue weighted by molar-refractivity contribution is 7.47. The number of unbranched alkanes of at least 4 members (excludes halogenated alkanes) is 56. The van der Waals surface area contributed by atoms with Gasteiger partial charge in [0.2, 0.25) is 0 Å². The van der Waals surface area contributed by atoms with Crippen molar-refractivity contribution in [3.63, 3.8) is 0 Å². The topological polar surface area (TPSA) is 237 Å². The van der Waals surface area contributed by atoms with Gasteiger partial charge in [-0.1, -0.05) is 420 Å². The summed E-state index contributed by atoms with van der Waals surface area (Å²) in [5, 5.41) is 10.7. The van der Waals surface area contributed by atoms with E-state index in [0.717, 1.165) is 102 Å². The van der Waals surface area contributed by atoms with Crippen LogP contribution < -0.4 is 0 Å². The molecule has 0 saturated carbocycles. The molecule has 0 spiro atoms. The van der Waals surface area contributed by atoms with Crippen LogP contribution in [0.15, 0.2) is 0 Å². The van der Waals surface area contributed by atoms with Gasteiger partial charge in [-0.2, -0.15) is 0 Å². The number of aliphatic hydroxyl groups is 1. The third-order valence-corrected chi connectivity index (χ3v) is 23.0. The molecule has 0 amide bonds. The monoisotopic (exact) mass is 1560 g/mol. The number of hydrogen-bond acceptors (Lipinski definition) is 15. The largest absolute Gasteiger partial charge is 0.472 e. The van der Waals surface area contributed by atoms with E-state index < -0.39 is 97.5 Å². The summed E-state index contributed by atoms with van der Waals surface area (Å²) in [6.45, 7) is 9.77. The van der Waals surface area contributed by atoms with Crippen LogP contribution in [0.4, 0.5) is 0 Å². The van der Waals surface area contributed by atoms with Crippen molar-refractivity contribution >= 4 is 39.5 Å². The Morgan fingerprint density at radius 1 is 0.271 bits per heavy atom. The van der Waals surface area contributed by atoms with Crippen LogP contribution in [0.3, 0.4) is 0 Å². The van der Waals surface area contributed by atoms with Gasteiger partial charge >= 0.3 is 39.5 Å². The molecule has 0 aromatic heterocycles. The highest BCUT2D eigenvalue weighted by Crippen LogP contribution is 2.45. The quantitative estimate of drug-likeness (QED) is 0.0222. The van der Waals surface area contributed by atoms with Crippen LogP contribution in [0.1, 0.15) is 472 Å². The molecule has 6 atom stereocenters. The van der Waals surface area contributed by atoms with Gasteiger partial charge in [0.15, 0.2) is 12.2 Å². The molecule has 3 unspecified atom stereocenters. The Balaban J connectivity index is 5.26. The maximum atomic E-state index is 13.2. The lowest BCUT2D eigenvalue weighted by Crippen LogP contribution is -2.30. The number of ether oxygens (including phenoxy) is 4. The fourth-order valence-corrected chi connectivity index (χ4v) is 15.3. The third kappa shape index (κ3) is 80.5. The minimum absolute atomic E-state index is 0.108. The Bertz CT molecular complexity index is 2050. The first kappa shape index (κ1) is 105. The van der Waals surface area contributed by atoms with E-state index in [0.29, 0.717) is 25.7 Å². The van der Waals surface area contributed by atoms with Gasteiger partial charge in [-0.15, -0.1) is 0 Å². The Morgan fingerprint density at radius 3 is 0.710 bits per heavy atom. The van der Waals surface area contributed by atoms with Gasteiger partial charge in [0, 0.05) is 25.7 Å². The molecule has 0 aliphatic carbocycles. The van der Waals surface area contributed by atoms with E-state index in [2.05, 4.69) is 41.5 Å². The standard InChI is InChI=1S/C88H172O17P2/c1-7-10-12-14-16-18-20-22-23-24-25-26-27-28-36-42-48-54-60-66-72-87(92)105-84(77-99-86(91)71-65-59-53-47-41-35-32-30-34-39-45-51-57-63-69-81(6)9-3)79-103-107(96,97)101-75-82(89)74-100-106(94,95)102-78-83(76-98-85(90)70-64-58-52-46-40-21-19-17-15-13-11-8-2)104-88(93)73-67-61-55-49-43-37-31-29-33-38-44-50-56-62-68-80(4)5/h80-84,89H,7-79H2,1-6H3,(H,94,95)(H,96,97)/t81?,82-,83+,84+/m0/s1. The first-order chi connectivity index (χ1) is 51.9. The first-order valence-electron chi connectivity index (χ1n) is 45.5. The Labute approximate surface area is 658 Å². The van der Waals surface area contributed by atoms with Crippen molar-refractivity contribution < 1.29 is 80.2 Å². The lowest BCUT2D eigenvalue weighted by molar-refractivity contribution is -0.161. The van der Waals surface area contributed by atoms with Crippen molar-refractivity contribution in [2.24, 2.45) is 11.8 Å². The van der Waals surface area contributed by atoms with Gasteiger partial charge < -0.3 is 33.8 Å². The van der Waals surface area contributed by atoms with Gasteiger partial charge in [-0.05, 0) is 37.5 Å². The van der Waals surface area contributed by atoms with Gasteiger partial charge in [-0.3, -0.25) is 37.3 Å². The molecule has 0 aromatic carbocycles. The van der Waals surface area contributed by atoms with Crippen LogP contribution in [0.2, 0.25) is 0 Å². The summed E-state index contributed by atoms with van der Waals surface area (Å²) in [5.74, 6) is -0.452. The van der Waals surface area contributed by atoms with Crippen LogP contribution in [-0.4, -0.2) is 96.7 Å². The number of esters is 4. The molecule has 0 aliphatic rings. The van der Waals surface area contributed by atoms with Gasteiger partial charge in [0.1, 0.15) is 19.3 Å². The van der Waals surface area contributed by atoms with Gasteiger partial charge in [0.25, 0.3) is 0 Å². The summed E-state index contributed by atoms with van der Waals surface area (Å²) in [5.41, 5.74) is 0. The van der Waals surface area contributed by atoms with Crippen LogP contribution in [0.25, 0.3) is 0 Å². The van der Waals surface area contributed by atoms with E-state index in [9.17, 15) is 43.2 Å². The molecule has 107 heavy (non-hydrogen) atoms. The van der Waals surface area contributed by atoms with Gasteiger partial charge in [-0.25, -0.2) is 9.13 Å². The zero-order valence-corrected chi connectivity index (χ0v) is 72.2. The number of carbonyl (C=O) groups is 4. The van der Waals surface area contributed by atoms with Crippen molar-refractivity contribution in [2.75, 3.05) is 39.6 Å². The molecule has 0 bridgehead atoms. The summed E-state index contributed by atoms with van der Waals surface area (Å²) in [6, 6.07) is 0. The zero-order valence-electron chi connectivity index (χ0n) is 70.5. The lowest BCUT2D eigenvalue weighted by atomic mass is 9.99. The summed E-state index contributed by atoms with van der Waals surface area (Å²) >= 11 is 0. The summed E-state index contributed by atoms with van der Waals surface area (Å²) in [7, 11) is -9.93. The molecule has 0 aromatic rings. The lowest BCUT2D eigenvalue weighted by Gasteiger charge is -2.21. The number of hydrogen-bond donors (Lipinski definition) is 3. The number of aliphatic hydroxyl groups excluding tert-OH is 1. The molecule has 0 saturated heterocycles. The van der Waals surface area contributed by atoms with Gasteiger partial charge in [0.05, 0.1) is 26.4 Å². The summed E-state index contributed by atoms with van der Waals surface area (Å²) < 4.78 is 69.0. The fraction of sp³-hybridized carbons (Fsp3) is 0.955. The minimum Gasteiger partial charge on any atom is -0.462 e. The predicted molar refractivity (Wildman–Crippen MR) is 442 cm³/mol. The zero-order chi connectivity index (χ0) is 78.5. The van der Waals surface area contributed by atoms with E-state index >= 15 is 0 Å². The number of phosphoric acid groups is 2. The third-order valence-electron chi connectivity index (χ3n) is 21.1. The molecular formula is C88H172O17P2. The summed E-state index contributed by atoms with van der Waals surface area (Å²) in [6.07, 6.45) is 72.0. The Morgan fingerprint density at radius 2 is 0.477 bits per heavy atom. The minimum atomic E-state index is -4.97. The molecular weight excluding hydrogens is 1390 g/mol. The molecule has 0 radical (unpaired) electrons. The maximum Gasteiger partial charge on any atom is 0.472 e. The van der Waals surface area contributed by atoms with E-state index in [1.165, 1.54) is 289 Å². The van der Waals surface area contributed by atoms with E-state index in [1.54, 1.807) is 0 Å². The van der Waals surface area contributed by atoms with Crippen LogP contribution in [0.5, 0.6) is 0 Å². The van der Waals surface area contributed by atoms with Crippen molar-refractivity contribution in [1.82, 2.24) is 0 Å². The second-order valence-electron chi connectivity index (χ2n) is 32.4. The van der Waals surface area contributed by atoms with Crippen molar-refractivity contribution in [1.29, 1.82) is 0 Å². The molecule has 0 fully saturated rings. The molecule has 17 nitrogen and oxygen atoms in total. The molecule has 0 heterocycles. The second-order valence-corrected chi connectivity index (χ2v) is 35.3. The SMILES string of the molecule is CCCCCCCCCCCCCCCCCCCCCCC(=O)O[C@H](COC(=O)CCCCCCCCCCCCCCCCC(C)CC)COP(=O)(O)OC[C@@H](O)COP(=O)(O)OC[C@@H](COC(=O)CCCCCCCCCCCCCC)OC(=O)CCCCCCCCCCCCCCCCC(C)C.